The molecular weight excluding hydrogens is 795 g/mol. The fourth-order valence-corrected chi connectivity index (χ4v) is 10.1. The summed E-state index contributed by atoms with van der Waals surface area (Å²) in [6, 6.07) is 76.5. The van der Waals surface area contributed by atoms with Crippen LogP contribution in [0, 0.1) is 5.92 Å². The Kier molecular flexibility index (Phi) is 11.2. The van der Waals surface area contributed by atoms with E-state index in [-0.39, 0.29) is 16.7 Å². The molecule has 2 unspecified atom stereocenters. The number of anilines is 3. The van der Waals surface area contributed by atoms with E-state index in [1.807, 2.05) is 0 Å². The molecule has 9 aromatic rings. The lowest BCUT2D eigenvalue weighted by Gasteiger charge is -2.34. The van der Waals surface area contributed by atoms with Crippen molar-refractivity contribution in [2.24, 2.45) is 5.92 Å². The quantitative estimate of drug-likeness (QED) is 0.147. The second-order valence-electron chi connectivity index (χ2n) is 20.2. The van der Waals surface area contributed by atoms with Crippen LogP contribution in [-0.2, 0) is 10.8 Å². The lowest BCUT2D eigenvalue weighted by molar-refractivity contribution is 0.559. The van der Waals surface area contributed by atoms with Gasteiger partial charge >= 0.3 is 0 Å². The van der Waals surface area contributed by atoms with Crippen LogP contribution in [0.1, 0.15) is 82.2 Å². The Morgan fingerprint density at radius 3 is 1.67 bits per heavy atom. The molecule has 0 saturated heterocycles. The maximum atomic E-state index is 2.50. The van der Waals surface area contributed by atoms with Crippen molar-refractivity contribution in [3.05, 3.63) is 240 Å². The summed E-state index contributed by atoms with van der Waals surface area (Å²) in [5.74, 6) is 0.483. The monoisotopic (exact) mass is 853 g/mol. The van der Waals surface area contributed by atoms with Crippen LogP contribution in [0.3, 0.4) is 0 Å². The molecule has 0 heterocycles. The van der Waals surface area contributed by atoms with Gasteiger partial charge in [0.25, 0.3) is 0 Å². The zero-order valence-corrected chi connectivity index (χ0v) is 39.4. The SMILES string of the molecule is CC1C=Cc2cccc(-c3ccccc3N(c3ccc(-c4ccc(-c5ccccc5)c(-c5ccccc5)c4)cc3)c3cccc4ccccc34)c2C1c1cc(C(C)(C)C)cc(C(C)(C)C)c1. The third-order valence-electron chi connectivity index (χ3n) is 13.7. The summed E-state index contributed by atoms with van der Waals surface area (Å²) in [4.78, 5) is 2.49. The molecule has 66 heavy (non-hydrogen) atoms. The highest BCUT2D eigenvalue weighted by atomic mass is 15.1. The van der Waals surface area contributed by atoms with E-state index in [2.05, 4.69) is 272 Å². The second kappa shape index (κ2) is 17.3. The molecule has 1 aliphatic rings. The first kappa shape index (κ1) is 42.7. The van der Waals surface area contributed by atoms with Gasteiger partial charge in [-0.25, -0.2) is 0 Å². The van der Waals surface area contributed by atoms with Crippen LogP contribution >= 0.6 is 0 Å². The molecule has 0 spiro atoms. The van der Waals surface area contributed by atoms with Crippen molar-refractivity contribution in [2.75, 3.05) is 4.90 Å². The van der Waals surface area contributed by atoms with Crippen LogP contribution in [0.25, 0.3) is 61.4 Å². The van der Waals surface area contributed by atoms with E-state index < -0.39 is 0 Å². The highest BCUT2D eigenvalue weighted by Crippen LogP contribution is 2.50. The normalized spacial score (nSPS) is 14.8. The number of para-hydroxylation sites is 1. The molecule has 0 radical (unpaired) electrons. The number of allylic oxidation sites excluding steroid dienone is 1. The molecule has 0 aliphatic heterocycles. The average Bonchev–Trinajstić information content (AvgIpc) is 3.34. The fraction of sp³-hybridized carbons (Fsp3) is 0.169. The first-order valence-corrected chi connectivity index (χ1v) is 23.6. The lowest BCUT2D eigenvalue weighted by atomic mass is 9.70. The Bertz CT molecular complexity index is 3180. The molecule has 9 aromatic carbocycles. The highest BCUT2D eigenvalue weighted by Gasteiger charge is 2.32. The third-order valence-corrected chi connectivity index (χ3v) is 13.7. The van der Waals surface area contributed by atoms with Gasteiger partial charge in [0, 0.05) is 22.6 Å². The summed E-state index contributed by atoms with van der Waals surface area (Å²) in [5.41, 5.74) is 20.0. The van der Waals surface area contributed by atoms with Crippen molar-refractivity contribution in [1.82, 2.24) is 0 Å². The minimum absolute atomic E-state index is 0.0169. The predicted molar refractivity (Wildman–Crippen MR) is 284 cm³/mol. The van der Waals surface area contributed by atoms with Gasteiger partial charge in [-0.15, -0.1) is 0 Å². The maximum Gasteiger partial charge on any atom is 0.0540 e. The number of fused-ring (bicyclic) bond motifs is 2. The summed E-state index contributed by atoms with van der Waals surface area (Å²) in [7, 11) is 0. The molecule has 0 fully saturated rings. The van der Waals surface area contributed by atoms with E-state index in [4.69, 9.17) is 0 Å². The van der Waals surface area contributed by atoms with Gasteiger partial charge in [0.1, 0.15) is 0 Å². The van der Waals surface area contributed by atoms with E-state index in [9.17, 15) is 0 Å². The molecule has 1 nitrogen and oxygen atoms in total. The van der Waals surface area contributed by atoms with Crippen LogP contribution in [0.15, 0.2) is 212 Å². The fourth-order valence-electron chi connectivity index (χ4n) is 10.1. The smallest absolute Gasteiger partial charge is 0.0540 e. The van der Waals surface area contributed by atoms with Crippen molar-refractivity contribution >= 4 is 33.9 Å². The molecule has 0 saturated carbocycles. The van der Waals surface area contributed by atoms with Gasteiger partial charge in [-0.2, -0.15) is 0 Å². The molecule has 0 amide bonds. The van der Waals surface area contributed by atoms with E-state index in [0.717, 1.165) is 17.1 Å². The summed E-state index contributed by atoms with van der Waals surface area (Å²) in [6.07, 6.45) is 4.78. The summed E-state index contributed by atoms with van der Waals surface area (Å²) in [5, 5.41) is 2.42. The molecule has 1 heteroatoms. The predicted octanol–water partition coefficient (Wildman–Crippen LogP) is 18.4. The van der Waals surface area contributed by atoms with Crippen LogP contribution in [0.2, 0.25) is 0 Å². The molecule has 0 N–H and O–H groups in total. The van der Waals surface area contributed by atoms with Crippen LogP contribution in [-0.4, -0.2) is 0 Å². The van der Waals surface area contributed by atoms with Crippen molar-refractivity contribution in [1.29, 1.82) is 0 Å². The summed E-state index contributed by atoms with van der Waals surface area (Å²) < 4.78 is 0. The zero-order chi connectivity index (χ0) is 45.6. The Labute approximate surface area is 392 Å². The van der Waals surface area contributed by atoms with Gasteiger partial charge in [0.05, 0.1) is 11.4 Å². The van der Waals surface area contributed by atoms with Crippen molar-refractivity contribution < 1.29 is 0 Å². The Morgan fingerprint density at radius 2 is 0.970 bits per heavy atom. The van der Waals surface area contributed by atoms with Crippen LogP contribution in [0.4, 0.5) is 17.1 Å². The number of hydrogen-bond acceptors (Lipinski definition) is 1. The Morgan fingerprint density at radius 1 is 0.409 bits per heavy atom. The van der Waals surface area contributed by atoms with E-state index in [1.165, 1.54) is 83.1 Å². The van der Waals surface area contributed by atoms with Crippen LogP contribution < -0.4 is 4.90 Å². The molecule has 1 aliphatic carbocycles. The standard InChI is InChI=1S/C65H59N/c1-44-32-33-49-26-18-29-58(63(49)62(44)51-40-52(64(2,3)4)43-53(41-51)65(5,6)7)57-28-16-17-30-61(57)66(60-31-19-25-47-24-14-15-27-56(47)60)54-37-34-45(35-38-54)50-36-39-55(46-20-10-8-11-21-46)59(42-50)48-22-12-9-13-23-48/h8-44,62H,1-7H3. The summed E-state index contributed by atoms with van der Waals surface area (Å²) >= 11 is 0. The molecule has 0 bridgehead atoms. The number of benzene rings is 9. The second-order valence-corrected chi connectivity index (χ2v) is 20.2. The van der Waals surface area contributed by atoms with Crippen molar-refractivity contribution in [3.8, 4) is 44.5 Å². The highest BCUT2D eigenvalue weighted by molar-refractivity contribution is 6.01. The largest absolute Gasteiger partial charge is 0.309 e. The average molecular weight is 854 g/mol. The lowest BCUT2D eigenvalue weighted by Crippen LogP contribution is -2.21. The van der Waals surface area contributed by atoms with Gasteiger partial charge in [0.2, 0.25) is 0 Å². The first-order valence-electron chi connectivity index (χ1n) is 23.6. The molecular formula is C65H59N. The van der Waals surface area contributed by atoms with Crippen molar-refractivity contribution in [2.45, 2.75) is 65.2 Å². The van der Waals surface area contributed by atoms with Crippen LogP contribution in [0.5, 0.6) is 0 Å². The number of hydrogen-bond donors (Lipinski definition) is 0. The van der Waals surface area contributed by atoms with E-state index in [1.54, 1.807) is 0 Å². The zero-order valence-electron chi connectivity index (χ0n) is 39.4. The van der Waals surface area contributed by atoms with Gasteiger partial charge in [-0.05, 0) is 119 Å². The number of nitrogens with zero attached hydrogens (tertiary/aromatic N) is 1. The Hall–Kier alpha value is -7.22. The van der Waals surface area contributed by atoms with Gasteiger partial charge in [-0.1, -0.05) is 237 Å². The van der Waals surface area contributed by atoms with Crippen molar-refractivity contribution in [3.63, 3.8) is 0 Å². The minimum atomic E-state index is 0.0169. The topological polar surface area (TPSA) is 3.24 Å². The van der Waals surface area contributed by atoms with Gasteiger partial charge in [0.15, 0.2) is 0 Å². The molecule has 10 rings (SSSR count). The van der Waals surface area contributed by atoms with E-state index in [0.29, 0.717) is 5.92 Å². The minimum Gasteiger partial charge on any atom is -0.309 e. The molecule has 324 valence electrons. The molecule has 0 aromatic heterocycles. The van der Waals surface area contributed by atoms with Gasteiger partial charge < -0.3 is 4.90 Å². The number of rotatable bonds is 8. The van der Waals surface area contributed by atoms with Gasteiger partial charge in [-0.3, -0.25) is 0 Å². The molecule has 2 atom stereocenters. The maximum absolute atomic E-state index is 2.50. The van der Waals surface area contributed by atoms with E-state index >= 15 is 0 Å². The Balaban J connectivity index is 1.14. The first-order chi connectivity index (χ1) is 31.9. The third kappa shape index (κ3) is 8.20. The summed E-state index contributed by atoms with van der Waals surface area (Å²) in [6.45, 7) is 16.5.